The van der Waals surface area contributed by atoms with Crippen molar-refractivity contribution >= 4 is 17.5 Å². The molecule has 1 N–H and O–H groups in total. The lowest BCUT2D eigenvalue weighted by Crippen LogP contribution is -2.36. The maximum Gasteiger partial charge on any atom is 0.271 e. The smallest absolute Gasteiger partial charge is 0.271 e. The summed E-state index contributed by atoms with van der Waals surface area (Å²) in [6.45, 7) is 6.83. The quantitative estimate of drug-likeness (QED) is 0.897. The average Bonchev–Trinajstić information content (AvgIpc) is 3.16. The molecule has 1 saturated heterocycles. The largest absolute Gasteiger partial charge is 0.446 e. The third-order valence-electron chi connectivity index (χ3n) is 3.98. The first-order valence-electron chi connectivity index (χ1n) is 7.48. The van der Waals surface area contributed by atoms with Gasteiger partial charge in [-0.1, -0.05) is 20.8 Å². The molecule has 118 valence electrons. The van der Waals surface area contributed by atoms with E-state index in [-0.39, 0.29) is 35.4 Å². The molecule has 7 heteroatoms. The van der Waals surface area contributed by atoms with E-state index in [4.69, 9.17) is 4.42 Å². The topological polar surface area (TPSA) is 87.8 Å². The molecule has 3 heterocycles. The first-order valence-corrected chi connectivity index (χ1v) is 7.48. The zero-order valence-electron chi connectivity index (χ0n) is 13.0. The lowest BCUT2D eigenvalue weighted by Gasteiger charge is -2.22. The van der Waals surface area contributed by atoms with Gasteiger partial charge >= 0.3 is 0 Å². The second-order valence-electron chi connectivity index (χ2n) is 6.75. The number of likely N-dealkylation sites (tertiary alicyclic amines) is 1. The van der Waals surface area contributed by atoms with E-state index in [1.54, 1.807) is 11.2 Å². The predicted molar refractivity (Wildman–Crippen MR) is 79.1 cm³/mol. The van der Waals surface area contributed by atoms with E-state index in [2.05, 4.69) is 36.3 Å². The van der Waals surface area contributed by atoms with E-state index in [0.717, 1.165) is 18.5 Å². The average molecular weight is 304 g/mol. The molecule has 1 aromatic rings. The van der Waals surface area contributed by atoms with Crippen LogP contribution in [-0.2, 0) is 15.0 Å². The molecule has 0 aliphatic carbocycles. The molecule has 7 nitrogen and oxygen atoms in total. The summed E-state index contributed by atoms with van der Waals surface area (Å²) in [6.07, 6.45) is 3.40. The third kappa shape index (κ3) is 2.63. The third-order valence-corrected chi connectivity index (χ3v) is 3.98. The minimum Gasteiger partial charge on any atom is -0.446 e. The summed E-state index contributed by atoms with van der Waals surface area (Å²) in [5.74, 6) is 0.107. The van der Waals surface area contributed by atoms with Gasteiger partial charge in [0.05, 0.1) is 12.1 Å². The van der Waals surface area contributed by atoms with Gasteiger partial charge in [0.1, 0.15) is 18.0 Å². The SMILES string of the molecule is CC(C)(C)c1coc([C@H]2CCCN2C(=O)C2=NNC(=O)C2)n1. The van der Waals surface area contributed by atoms with Gasteiger partial charge in [0, 0.05) is 12.0 Å². The second kappa shape index (κ2) is 5.23. The minimum absolute atomic E-state index is 0.0425. The summed E-state index contributed by atoms with van der Waals surface area (Å²) >= 11 is 0. The molecule has 0 unspecified atom stereocenters. The lowest BCUT2D eigenvalue weighted by atomic mass is 9.93. The van der Waals surface area contributed by atoms with Crippen molar-refractivity contribution in [2.75, 3.05) is 6.54 Å². The predicted octanol–water partition coefficient (Wildman–Crippen LogP) is 1.51. The number of rotatable bonds is 2. The van der Waals surface area contributed by atoms with E-state index >= 15 is 0 Å². The van der Waals surface area contributed by atoms with Crippen LogP contribution in [0.25, 0.3) is 0 Å². The highest BCUT2D eigenvalue weighted by atomic mass is 16.3. The highest BCUT2D eigenvalue weighted by Gasteiger charge is 2.37. The van der Waals surface area contributed by atoms with Crippen molar-refractivity contribution in [3.63, 3.8) is 0 Å². The van der Waals surface area contributed by atoms with Crippen LogP contribution in [0.2, 0.25) is 0 Å². The van der Waals surface area contributed by atoms with Gasteiger partial charge in [-0.15, -0.1) is 0 Å². The van der Waals surface area contributed by atoms with Crippen molar-refractivity contribution in [2.24, 2.45) is 5.10 Å². The van der Waals surface area contributed by atoms with Crippen LogP contribution in [0.5, 0.6) is 0 Å². The molecule has 2 amide bonds. The summed E-state index contributed by atoms with van der Waals surface area (Å²) < 4.78 is 5.61. The zero-order chi connectivity index (χ0) is 15.9. The number of carbonyl (C=O) groups is 2. The van der Waals surface area contributed by atoms with Crippen LogP contribution in [-0.4, -0.2) is 34.0 Å². The van der Waals surface area contributed by atoms with Crippen molar-refractivity contribution in [3.05, 3.63) is 17.8 Å². The first kappa shape index (κ1) is 14.7. The molecule has 1 atom stereocenters. The van der Waals surface area contributed by atoms with Gasteiger partial charge < -0.3 is 9.32 Å². The Balaban J connectivity index is 1.80. The molecular weight excluding hydrogens is 284 g/mol. The van der Waals surface area contributed by atoms with Crippen LogP contribution in [0.3, 0.4) is 0 Å². The Morgan fingerprint density at radius 2 is 2.23 bits per heavy atom. The normalized spacial score (nSPS) is 22.0. The summed E-state index contributed by atoms with van der Waals surface area (Å²) in [4.78, 5) is 30.0. The van der Waals surface area contributed by atoms with E-state index in [9.17, 15) is 9.59 Å². The Hall–Kier alpha value is -2.18. The van der Waals surface area contributed by atoms with Crippen LogP contribution in [0.1, 0.15) is 57.7 Å². The van der Waals surface area contributed by atoms with Crippen LogP contribution in [0, 0.1) is 0 Å². The van der Waals surface area contributed by atoms with Gasteiger partial charge in [0.25, 0.3) is 5.91 Å². The van der Waals surface area contributed by atoms with E-state index < -0.39 is 0 Å². The molecule has 2 aliphatic rings. The van der Waals surface area contributed by atoms with Crippen molar-refractivity contribution in [1.82, 2.24) is 15.3 Å². The molecule has 0 saturated carbocycles. The maximum atomic E-state index is 12.5. The summed E-state index contributed by atoms with van der Waals surface area (Å²) in [5.41, 5.74) is 3.35. The monoisotopic (exact) mass is 304 g/mol. The highest BCUT2D eigenvalue weighted by Crippen LogP contribution is 2.33. The minimum atomic E-state index is -0.245. The number of nitrogens with one attached hydrogen (secondary N) is 1. The molecule has 1 fully saturated rings. The van der Waals surface area contributed by atoms with Crippen LogP contribution >= 0.6 is 0 Å². The number of carbonyl (C=O) groups excluding carboxylic acids is 2. The number of hydrogen-bond donors (Lipinski definition) is 1. The van der Waals surface area contributed by atoms with Gasteiger partial charge in [0.2, 0.25) is 11.8 Å². The number of hydrogen-bond acceptors (Lipinski definition) is 5. The van der Waals surface area contributed by atoms with Gasteiger partial charge in [0.15, 0.2) is 0 Å². The molecular formula is C15H20N4O3. The fraction of sp³-hybridized carbons (Fsp3) is 0.600. The Labute approximate surface area is 128 Å². The molecule has 3 rings (SSSR count). The zero-order valence-corrected chi connectivity index (χ0v) is 13.0. The summed E-state index contributed by atoms with van der Waals surface area (Å²) in [6, 6.07) is -0.179. The van der Waals surface area contributed by atoms with E-state index in [0.29, 0.717) is 12.4 Å². The number of hydrazone groups is 1. The molecule has 0 bridgehead atoms. The Morgan fingerprint density at radius 1 is 1.45 bits per heavy atom. The van der Waals surface area contributed by atoms with E-state index in [1.807, 2.05) is 0 Å². The van der Waals surface area contributed by atoms with Gasteiger partial charge in [-0.3, -0.25) is 9.59 Å². The fourth-order valence-electron chi connectivity index (χ4n) is 2.70. The molecule has 22 heavy (non-hydrogen) atoms. The molecule has 0 radical (unpaired) electrons. The van der Waals surface area contributed by atoms with Crippen LogP contribution < -0.4 is 5.43 Å². The van der Waals surface area contributed by atoms with Gasteiger partial charge in [-0.25, -0.2) is 10.4 Å². The van der Waals surface area contributed by atoms with Gasteiger partial charge in [-0.05, 0) is 12.8 Å². The summed E-state index contributed by atoms with van der Waals surface area (Å²) in [5, 5.41) is 3.81. The number of nitrogens with zero attached hydrogens (tertiary/aromatic N) is 3. The highest BCUT2D eigenvalue weighted by molar-refractivity contribution is 6.43. The number of aromatic nitrogens is 1. The van der Waals surface area contributed by atoms with Crippen molar-refractivity contribution in [3.8, 4) is 0 Å². The molecule has 2 aliphatic heterocycles. The standard InChI is InChI=1S/C15H20N4O3/c1-15(2,3)11-8-22-13(16-11)10-5-4-6-19(10)14(21)9-7-12(20)18-17-9/h8,10H,4-7H2,1-3H3,(H,18,20)/t10-/m1/s1. The Kier molecular flexibility index (Phi) is 3.50. The van der Waals surface area contributed by atoms with Crippen LogP contribution in [0.4, 0.5) is 0 Å². The van der Waals surface area contributed by atoms with Gasteiger partial charge in [-0.2, -0.15) is 5.10 Å². The molecule has 0 aromatic carbocycles. The number of oxazole rings is 1. The Bertz CT molecular complexity index is 641. The lowest BCUT2D eigenvalue weighted by molar-refractivity contribution is -0.126. The van der Waals surface area contributed by atoms with Crippen LogP contribution in [0.15, 0.2) is 15.8 Å². The molecule has 1 aromatic heterocycles. The van der Waals surface area contributed by atoms with Crippen molar-refractivity contribution in [1.29, 1.82) is 0 Å². The second-order valence-corrected chi connectivity index (χ2v) is 6.75. The van der Waals surface area contributed by atoms with E-state index in [1.165, 1.54) is 0 Å². The summed E-state index contributed by atoms with van der Waals surface area (Å²) in [7, 11) is 0. The van der Waals surface area contributed by atoms with Crippen molar-refractivity contribution < 1.29 is 14.0 Å². The number of amides is 2. The fourth-order valence-corrected chi connectivity index (χ4v) is 2.70. The van der Waals surface area contributed by atoms with Crippen molar-refractivity contribution in [2.45, 2.75) is 51.5 Å². The molecule has 0 spiro atoms. The Morgan fingerprint density at radius 3 is 2.82 bits per heavy atom. The first-order chi connectivity index (χ1) is 10.4. The maximum absolute atomic E-state index is 12.5.